The Labute approximate surface area is 132 Å². The van der Waals surface area contributed by atoms with Gasteiger partial charge in [0.1, 0.15) is 17.5 Å². The summed E-state index contributed by atoms with van der Waals surface area (Å²) in [5, 5.41) is 10.5. The zero-order valence-corrected chi connectivity index (χ0v) is 13.2. The smallest absolute Gasteiger partial charge is 0.265 e. The first kappa shape index (κ1) is 15.9. The number of carbonyl (C=O) groups excluding carboxylic acids is 1. The molecular formula is C16H20N2O5. The number of ether oxygens (including phenoxy) is 1. The van der Waals surface area contributed by atoms with Gasteiger partial charge in [0.05, 0.1) is 24.8 Å². The Morgan fingerprint density at radius 1 is 1.57 bits per heavy atom. The number of hydrogen-bond donors (Lipinski definition) is 1. The summed E-state index contributed by atoms with van der Waals surface area (Å²) in [5.41, 5.74) is 0.0552. The summed E-state index contributed by atoms with van der Waals surface area (Å²) in [6.07, 6.45) is 2.43. The summed E-state index contributed by atoms with van der Waals surface area (Å²) in [7, 11) is 0. The molecule has 1 aliphatic heterocycles. The van der Waals surface area contributed by atoms with E-state index in [2.05, 4.69) is 4.98 Å². The van der Waals surface area contributed by atoms with Crippen molar-refractivity contribution in [3.8, 4) is 0 Å². The molecule has 0 amide bonds. The fourth-order valence-electron chi connectivity index (χ4n) is 3.11. The number of aryl methyl sites for hydroxylation is 1. The van der Waals surface area contributed by atoms with Crippen LogP contribution in [0.5, 0.6) is 0 Å². The second-order valence-corrected chi connectivity index (χ2v) is 6.02. The third-order valence-electron chi connectivity index (χ3n) is 4.33. The lowest BCUT2D eigenvalue weighted by Gasteiger charge is -2.26. The number of Topliss-reactive ketones (excluding diaryl/α,β-unsaturated/α-hetero) is 1. The van der Waals surface area contributed by atoms with Crippen molar-refractivity contribution in [2.45, 2.75) is 39.3 Å². The molecule has 3 heterocycles. The number of ketones is 1. The van der Waals surface area contributed by atoms with Crippen LogP contribution in [0, 0.1) is 12.8 Å². The molecule has 0 radical (unpaired) electrons. The standard InChI is InChI=1S/C16H20N2O5/c1-9(19)13-10(2)23-15-14(13)16(21)18(8-17-15)6-12(20)11-4-3-5-22-7-11/h8,11-12,20H,3-7H2,1-2H3. The van der Waals surface area contributed by atoms with Crippen LogP contribution in [0.25, 0.3) is 11.1 Å². The number of carbonyl (C=O) groups is 1. The maximum atomic E-state index is 12.7. The van der Waals surface area contributed by atoms with Gasteiger partial charge in [0.25, 0.3) is 5.56 Å². The van der Waals surface area contributed by atoms with E-state index < -0.39 is 6.10 Å². The number of fused-ring (bicyclic) bond motifs is 1. The van der Waals surface area contributed by atoms with E-state index in [0.717, 1.165) is 12.8 Å². The lowest BCUT2D eigenvalue weighted by Crippen LogP contribution is -2.35. The van der Waals surface area contributed by atoms with E-state index in [0.29, 0.717) is 19.0 Å². The molecule has 7 heteroatoms. The van der Waals surface area contributed by atoms with E-state index >= 15 is 0 Å². The van der Waals surface area contributed by atoms with Gasteiger partial charge in [-0.1, -0.05) is 0 Å². The highest BCUT2D eigenvalue weighted by Crippen LogP contribution is 2.22. The van der Waals surface area contributed by atoms with Crippen molar-refractivity contribution in [2.24, 2.45) is 5.92 Å². The monoisotopic (exact) mass is 320 g/mol. The van der Waals surface area contributed by atoms with Crippen molar-refractivity contribution >= 4 is 16.9 Å². The average Bonchev–Trinajstić information content (AvgIpc) is 2.88. The summed E-state index contributed by atoms with van der Waals surface area (Å²) >= 11 is 0. The van der Waals surface area contributed by atoms with Crippen LogP contribution in [0.3, 0.4) is 0 Å². The fourth-order valence-corrected chi connectivity index (χ4v) is 3.11. The highest BCUT2D eigenvalue weighted by Gasteiger charge is 2.25. The molecule has 0 spiro atoms. The van der Waals surface area contributed by atoms with Crippen molar-refractivity contribution in [1.29, 1.82) is 0 Å². The van der Waals surface area contributed by atoms with Gasteiger partial charge in [-0.25, -0.2) is 4.98 Å². The Morgan fingerprint density at radius 2 is 2.35 bits per heavy atom. The van der Waals surface area contributed by atoms with Crippen LogP contribution >= 0.6 is 0 Å². The largest absolute Gasteiger partial charge is 0.442 e. The van der Waals surface area contributed by atoms with E-state index in [-0.39, 0.29) is 40.5 Å². The van der Waals surface area contributed by atoms with Gasteiger partial charge in [-0.15, -0.1) is 0 Å². The van der Waals surface area contributed by atoms with Crippen molar-refractivity contribution in [3.63, 3.8) is 0 Å². The minimum absolute atomic E-state index is 0.00436. The number of hydrogen-bond acceptors (Lipinski definition) is 6. The second kappa shape index (κ2) is 6.25. The molecule has 7 nitrogen and oxygen atoms in total. The zero-order chi connectivity index (χ0) is 16.6. The molecule has 0 bridgehead atoms. The predicted molar refractivity (Wildman–Crippen MR) is 82.6 cm³/mol. The van der Waals surface area contributed by atoms with Crippen molar-refractivity contribution in [1.82, 2.24) is 9.55 Å². The van der Waals surface area contributed by atoms with Gasteiger partial charge in [-0.2, -0.15) is 0 Å². The Balaban J connectivity index is 1.95. The summed E-state index contributed by atoms with van der Waals surface area (Å²) in [6, 6.07) is 0. The molecule has 1 N–H and O–H groups in total. The molecule has 2 unspecified atom stereocenters. The van der Waals surface area contributed by atoms with E-state index in [9.17, 15) is 14.7 Å². The molecule has 0 aromatic carbocycles. The second-order valence-electron chi connectivity index (χ2n) is 6.02. The molecule has 1 fully saturated rings. The highest BCUT2D eigenvalue weighted by molar-refractivity contribution is 6.06. The Bertz CT molecular complexity index is 786. The first-order valence-corrected chi connectivity index (χ1v) is 7.74. The summed E-state index contributed by atoms with van der Waals surface area (Å²) in [6.45, 7) is 4.36. The maximum Gasteiger partial charge on any atom is 0.265 e. The quantitative estimate of drug-likeness (QED) is 0.853. The van der Waals surface area contributed by atoms with E-state index in [1.54, 1.807) is 6.92 Å². The van der Waals surface area contributed by atoms with Crippen LogP contribution in [-0.2, 0) is 11.3 Å². The minimum atomic E-state index is -0.693. The molecule has 0 aliphatic carbocycles. The van der Waals surface area contributed by atoms with Gasteiger partial charge in [0.2, 0.25) is 5.71 Å². The highest BCUT2D eigenvalue weighted by atomic mass is 16.5. The molecule has 1 aliphatic rings. The summed E-state index contributed by atoms with van der Waals surface area (Å²) in [4.78, 5) is 28.5. The van der Waals surface area contributed by atoms with Crippen LogP contribution in [0.2, 0.25) is 0 Å². The Morgan fingerprint density at radius 3 is 3.00 bits per heavy atom. The maximum absolute atomic E-state index is 12.7. The average molecular weight is 320 g/mol. The van der Waals surface area contributed by atoms with E-state index in [4.69, 9.17) is 9.15 Å². The first-order chi connectivity index (χ1) is 11.0. The number of furan rings is 1. The van der Waals surface area contributed by atoms with Gasteiger partial charge in [0.15, 0.2) is 5.78 Å². The van der Waals surface area contributed by atoms with E-state index in [1.165, 1.54) is 17.8 Å². The van der Waals surface area contributed by atoms with Crippen molar-refractivity contribution < 1.29 is 19.1 Å². The Kier molecular flexibility index (Phi) is 4.32. The van der Waals surface area contributed by atoms with Gasteiger partial charge < -0.3 is 14.3 Å². The minimum Gasteiger partial charge on any atom is -0.442 e. The molecule has 2 atom stereocenters. The molecule has 3 rings (SSSR count). The molecular weight excluding hydrogens is 300 g/mol. The number of nitrogens with zero attached hydrogens (tertiary/aromatic N) is 2. The van der Waals surface area contributed by atoms with Gasteiger partial charge >= 0.3 is 0 Å². The Hall–Kier alpha value is -1.99. The zero-order valence-electron chi connectivity index (χ0n) is 13.2. The summed E-state index contributed by atoms with van der Waals surface area (Å²) < 4.78 is 12.1. The summed E-state index contributed by atoms with van der Waals surface area (Å²) in [5.74, 6) is 0.153. The molecule has 23 heavy (non-hydrogen) atoms. The SMILES string of the molecule is CC(=O)c1c(C)oc2ncn(CC(O)C3CCCOC3)c(=O)c12. The van der Waals surface area contributed by atoms with Crippen molar-refractivity contribution in [3.05, 3.63) is 28.0 Å². The number of aliphatic hydroxyl groups excluding tert-OH is 1. The third kappa shape index (κ3) is 2.94. The van der Waals surface area contributed by atoms with Gasteiger partial charge in [0, 0.05) is 12.5 Å². The lowest BCUT2D eigenvalue weighted by molar-refractivity contribution is -0.0153. The third-order valence-corrected chi connectivity index (χ3v) is 4.33. The van der Waals surface area contributed by atoms with Crippen LogP contribution in [0.1, 0.15) is 35.9 Å². The lowest BCUT2D eigenvalue weighted by atomic mass is 9.96. The van der Waals surface area contributed by atoms with Crippen molar-refractivity contribution in [2.75, 3.05) is 13.2 Å². The van der Waals surface area contributed by atoms with Gasteiger partial charge in [-0.3, -0.25) is 14.2 Å². The van der Waals surface area contributed by atoms with Crippen LogP contribution < -0.4 is 5.56 Å². The topological polar surface area (TPSA) is 94.6 Å². The first-order valence-electron chi connectivity index (χ1n) is 7.74. The number of rotatable bonds is 4. The molecule has 1 saturated heterocycles. The fraction of sp³-hybridized carbons (Fsp3) is 0.562. The van der Waals surface area contributed by atoms with Crippen LogP contribution in [0.4, 0.5) is 0 Å². The van der Waals surface area contributed by atoms with E-state index in [1.807, 2.05) is 0 Å². The van der Waals surface area contributed by atoms with Gasteiger partial charge in [-0.05, 0) is 26.7 Å². The molecule has 0 saturated carbocycles. The van der Waals surface area contributed by atoms with Crippen LogP contribution in [0.15, 0.2) is 15.5 Å². The molecule has 2 aromatic rings. The molecule has 2 aromatic heterocycles. The number of aliphatic hydroxyl groups is 1. The number of aromatic nitrogens is 2. The van der Waals surface area contributed by atoms with Crippen LogP contribution in [-0.4, -0.2) is 39.8 Å². The normalized spacial score (nSPS) is 19.9. The molecule has 124 valence electrons. The predicted octanol–water partition coefficient (Wildman–Crippen LogP) is 1.29.